The molecule has 180 valence electrons. The van der Waals surface area contributed by atoms with Crippen molar-refractivity contribution in [3.63, 3.8) is 0 Å². The van der Waals surface area contributed by atoms with E-state index in [4.69, 9.17) is 11.6 Å². The van der Waals surface area contributed by atoms with Gasteiger partial charge >= 0.3 is 18.7 Å². The van der Waals surface area contributed by atoms with E-state index in [1.165, 1.54) is 18.2 Å². The molecule has 2 aromatic heterocycles. The minimum absolute atomic E-state index is 0.0527. The van der Waals surface area contributed by atoms with E-state index in [-0.39, 0.29) is 28.2 Å². The summed E-state index contributed by atoms with van der Waals surface area (Å²) >= 11 is 5.92. The summed E-state index contributed by atoms with van der Waals surface area (Å²) in [5.74, 6) is -0.571. The standard InChI is InChI=1S/C19H12ClF7N6O/c20-14-7-15(30-11-2-1-3-12(6-11)34-19(26,27)16(21)22)32-17(31-14)33-29-9-10-4-5-13(28-8-10)18(23,24)25/h1-9,16H,(H2,30,31,32,33)/b29-9+. The number of alkyl halides is 7. The second-order valence-electron chi connectivity index (χ2n) is 6.36. The molecule has 0 amide bonds. The Bertz CT molecular complexity index is 1160. The van der Waals surface area contributed by atoms with Crippen molar-refractivity contribution in [1.82, 2.24) is 15.0 Å². The van der Waals surface area contributed by atoms with Crippen molar-refractivity contribution in [1.29, 1.82) is 0 Å². The molecule has 2 N–H and O–H groups in total. The molecule has 0 aliphatic heterocycles. The van der Waals surface area contributed by atoms with E-state index in [1.807, 2.05) is 0 Å². The number of nitrogens with one attached hydrogen (secondary N) is 2. The molecule has 3 rings (SSSR count). The molecular formula is C19H12ClF7N6O. The number of anilines is 3. The Balaban J connectivity index is 1.68. The van der Waals surface area contributed by atoms with Gasteiger partial charge < -0.3 is 10.1 Å². The lowest BCUT2D eigenvalue weighted by atomic mass is 10.2. The van der Waals surface area contributed by atoms with Crippen LogP contribution >= 0.6 is 11.6 Å². The van der Waals surface area contributed by atoms with Gasteiger partial charge in [0.1, 0.15) is 22.4 Å². The zero-order chi connectivity index (χ0) is 24.9. The van der Waals surface area contributed by atoms with Crippen LogP contribution in [0.1, 0.15) is 11.3 Å². The fourth-order valence-electron chi connectivity index (χ4n) is 2.33. The predicted molar refractivity (Wildman–Crippen MR) is 109 cm³/mol. The lowest BCUT2D eigenvalue weighted by Gasteiger charge is -2.17. The normalized spacial score (nSPS) is 12.3. The van der Waals surface area contributed by atoms with Crippen LogP contribution in [0.5, 0.6) is 5.75 Å². The molecule has 0 saturated carbocycles. The van der Waals surface area contributed by atoms with E-state index in [0.717, 1.165) is 36.7 Å². The molecule has 1 aromatic carbocycles. The first-order valence-electron chi connectivity index (χ1n) is 9.01. The van der Waals surface area contributed by atoms with Gasteiger partial charge in [-0.25, -0.2) is 5.43 Å². The molecule has 0 unspecified atom stereocenters. The van der Waals surface area contributed by atoms with Crippen LogP contribution in [0.4, 0.5) is 48.2 Å². The van der Waals surface area contributed by atoms with Gasteiger partial charge in [-0.2, -0.15) is 45.8 Å². The van der Waals surface area contributed by atoms with E-state index < -0.39 is 30.2 Å². The van der Waals surface area contributed by atoms with Crippen molar-refractivity contribution < 1.29 is 35.5 Å². The molecule has 0 atom stereocenters. The molecule has 0 radical (unpaired) electrons. The number of hydrogen-bond acceptors (Lipinski definition) is 7. The van der Waals surface area contributed by atoms with Crippen molar-refractivity contribution in [2.45, 2.75) is 18.7 Å². The van der Waals surface area contributed by atoms with Crippen LogP contribution in [-0.4, -0.2) is 33.7 Å². The van der Waals surface area contributed by atoms with Crippen molar-refractivity contribution in [3.05, 3.63) is 65.1 Å². The number of hydrazone groups is 1. The van der Waals surface area contributed by atoms with Crippen molar-refractivity contribution in [2.24, 2.45) is 5.10 Å². The Kier molecular flexibility index (Phi) is 7.39. The van der Waals surface area contributed by atoms with Gasteiger partial charge in [-0.15, -0.1) is 0 Å². The zero-order valence-electron chi connectivity index (χ0n) is 16.5. The third kappa shape index (κ3) is 6.91. The number of nitrogens with zero attached hydrogens (tertiary/aromatic N) is 4. The van der Waals surface area contributed by atoms with Gasteiger partial charge in [0.25, 0.3) is 0 Å². The van der Waals surface area contributed by atoms with E-state index in [9.17, 15) is 30.7 Å². The second-order valence-corrected chi connectivity index (χ2v) is 6.75. The maximum Gasteiger partial charge on any atom is 0.461 e. The van der Waals surface area contributed by atoms with Gasteiger partial charge in [0, 0.05) is 29.6 Å². The second kappa shape index (κ2) is 10.1. The minimum Gasteiger partial charge on any atom is -0.428 e. The number of ether oxygens (including phenoxy) is 1. The molecule has 0 bridgehead atoms. The fourth-order valence-corrected chi connectivity index (χ4v) is 2.52. The van der Waals surface area contributed by atoms with Crippen molar-refractivity contribution in [2.75, 3.05) is 10.7 Å². The molecule has 7 nitrogen and oxygen atoms in total. The van der Waals surface area contributed by atoms with Crippen LogP contribution < -0.4 is 15.5 Å². The fraction of sp³-hybridized carbons (Fsp3) is 0.158. The average Bonchev–Trinajstić information content (AvgIpc) is 2.73. The maximum absolute atomic E-state index is 13.1. The highest BCUT2D eigenvalue weighted by atomic mass is 35.5. The van der Waals surface area contributed by atoms with Crippen LogP contribution in [0, 0.1) is 0 Å². The first-order chi connectivity index (χ1) is 15.9. The van der Waals surface area contributed by atoms with Crippen LogP contribution in [0.15, 0.2) is 53.8 Å². The van der Waals surface area contributed by atoms with E-state index >= 15 is 0 Å². The molecule has 0 saturated heterocycles. The SMILES string of the molecule is FC(F)C(F)(F)Oc1cccc(Nc2cc(Cl)nc(N/N=C/c3ccc(C(F)(F)F)nc3)n2)c1. The van der Waals surface area contributed by atoms with Gasteiger partial charge in [0.05, 0.1) is 6.21 Å². The summed E-state index contributed by atoms with van der Waals surface area (Å²) in [6, 6.07) is 8.02. The summed E-state index contributed by atoms with van der Waals surface area (Å²) in [5.41, 5.74) is 1.77. The van der Waals surface area contributed by atoms with Gasteiger partial charge in [0.2, 0.25) is 5.95 Å². The molecule has 0 aliphatic rings. The van der Waals surface area contributed by atoms with Crippen LogP contribution in [0.2, 0.25) is 5.15 Å². The van der Waals surface area contributed by atoms with Gasteiger partial charge in [-0.3, -0.25) is 4.98 Å². The third-order valence-electron chi connectivity index (χ3n) is 3.76. The summed E-state index contributed by atoms with van der Waals surface area (Å²) in [4.78, 5) is 11.2. The van der Waals surface area contributed by atoms with Crippen molar-refractivity contribution >= 4 is 35.3 Å². The highest BCUT2D eigenvalue weighted by molar-refractivity contribution is 6.29. The number of hydrogen-bond donors (Lipinski definition) is 2. The molecule has 0 aliphatic carbocycles. The third-order valence-corrected chi connectivity index (χ3v) is 3.96. The summed E-state index contributed by atoms with van der Waals surface area (Å²) < 4.78 is 92.5. The smallest absolute Gasteiger partial charge is 0.428 e. The van der Waals surface area contributed by atoms with E-state index in [2.05, 4.69) is 35.5 Å². The number of aromatic nitrogens is 3. The van der Waals surface area contributed by atoms with E-state index in [0.29, 0.717) is 0 Å². The zero-order valence-corrected chi connectivity index (χ0v) is 17.3. The summed E-state index contributed by atoms with van der Waals surface area (Å²) in [6.45, 7) is 0. The highest BCUT2D eigenvalue weighted by Crippen LogP contribution is 2.30. The molecule has 34 heavy (non-hydrogen) atoms. The maximum atomic E-state index is 13.1. The Morgan fingerprint density at radius 1 is 1.03 bits per heavy atom. The number of pyridine rings is 1. The minimum atomic E-state index is -4.67. The predicted octanol–water partition coefficient (Wildman–Crippen LogP) is 5.97. The largest absolute Gasteiger partial charge is 0.461 e. The average molecular weight is 509 g/mol. The molecule has 15 heteroatoms. The molecular weight excluding hydrogens is 497 g/mol. The lowest BCUT2D eigenvalue weighted by molar-refractivity contribution is -0.253. The quantitative estimate of drug-likeness (QED) is 0.169. The molecule has 0 fully saturated rings. The van der Waals surface area contributed by atoms with Crippen LogP contribution in [-0.2, 0) is 6.18 Å². The Hall–Kier alpha value is -3.68. The molecule has 3 aromatic rings. The Morgan fingerprint density at radius 2 is 1.79 bits per heavy atom. The van der Waals surface area contributed by atoms with Gasteiger partial charge in [-0.05, 0) is 24.3 Å². The lowest BCUT2D eigenvalue weighted by Crippen LogP contribution is -2.33. The first-order valence-corrected chi connectivity index (χ1v) is 9.39. The number of halogens is 8. The number of rotatable bonds is 8. The highest BCUT2D eigenvalue weighted by Gasteiger charge is 2.44. The van der Waals surface area contributed by atoms with Crippen LogP contribution in [0.3, 0.4) is 0 Å². The first kappa shape index (κ1) is 25.0. The Morgan fingerprint density at radius 3 is 2.44 bits per heavy atom. The molecule has 2 heterocycles. The molecule has 0 spiro atoms. The Labute approximate surface area is 191 Å². The van der Waals surface area contributed by atoms with Gasteiger partial charge in [-0.1, -0.05) is 17.7 Å². The summed E-state index contributed by atoms with van der Waals surface area (Å²) in [5, 5.41) is 6.44. The summed E-state index contributed by atoms with van der Waals surface area (Å²) in [6.07, 6.45) is -11.1. The number of benzene rings is 1. The topological polar surface area (TPSA) is 84.3 Å². The van der Waals surface area contributed by atoms with E-state index in [1.54, 1.807) is 0 Å². The van der Waals surface area contributed by atoms with Crippen molar-refractivity contribution in [3.8, 4) is 5.75 Å². The van der Waals surface area contributed by atoms with Crippen LogP contribution in [0.25, 0.3) is 0 Å². The summed E-state index contributed by atoms with van der Waals surface area (Å²) in [7, 11) is 0. The van der Waals surface area contributed by atoms with Gasteiger partial charge in [0.15, 0.2) is 0 Å². The monoisotopic (exact) mass is 508 g/mol.